The third-order valence-corrected chi connectivity index (χ3v) is 4.07. The highest BCUT2D eigenvalue weighted by Crippen LogP contribution is 2.25. The summed E-state index contributed by atoms with van der Waals surface area (Å²) >= 11 is 0. The fourth-order valence-electron chi connectivity index (χ4n) is 2.10. The van der Waals surface area contributed by atoms with Crippen LogP contribution in [0.25, 0.3) is 0 Å². The summed E-state index contributed by atoms with van der Waals surface area (Å²) in [4.78, 5) is 0. The van der Waals surface area contributed by atoms with Crippen molar-refractivity contribution >= 4 is 9.84 Å². The standard InChI is InChI=1S/C11H23NO3S/c1-16(13,14)9-5-8-15-10-11(12)6-3-2-4-7-11/h2-10,12H2,1H3. The molecule has 0 spiro atoms. The van der Waals surface area contributed by atoms with E-state index in [4.69, 9.17) is 10.5 Å². The maximum Gasteiger partial charge on any atom is 0.147 e. The Morgan fingerprint density at radius 3 is 2.44 bits per heavy atom. The lowest BCUT2D eigenvalue weighted by Crippen LogP contribution is -2.46. The predicted molar refractivity (Wildman–Crippen MR) is 65.2 cm³/mol. The molecule has 96 valence electrons. The molecule has 5 heteroatoms. The molecular weight excluding hydrogens is 226 g/mol. The molecule has 1 aliphatic rings. The Hall–Kier alpha value is -0.130. The number of ether oxygens (including phenoxy) is 1. The van der Waals surface area contributed by atoms with E-state index in [2.05, 4.69) is 0 Å². The van der Waals surface area contributed by atoms with Crippen LogP contribution in [0.15, 0.2) is 0 Å². The van der Waals surface area contributed by atoms with Crippen LogP contribution < -0.4 is 5.73 Å². The largest absolute Gasteiger partial charge is 0.380 e. The summed E-state index contributed by atoms with van der Waals surface area (Å²) in [5.74, 6) is 0.199. The van der Waals surface area contributed by atoms with Crippen LogP contribution in [0.5, 0.6) is 0 Å². The summed E-state index contributed by atoms with van der Waals surface area (Å²) in [5, 5.41) is 0. The zero-order chi connectivity index (χ0) is 12.1. The van der Waals surface area contributed by atoms with Gasteiger partial charge < -0.3 is 10.5 Å². The van der Waals surface area contributed by atoms with Crippen molar-refractivity contribution < 1.29 is 13.2 Å². The van der Waals surface area contributed by atoms with E-state index in [9.17, 15) is 8.42 Å². The highest BCUT2D eigenvalue weighted by Gasteiger charge is 2.27. The van der Waals surface area contributed by atoms with Gasteiger partial charge in [-0.05, 0) is 19.3 Å². The number of nitrogens with two attached hydrogens (primary N) is 1. The van der Waals surface area contributed by atoms with Gasteiger partial charge in [-0.1, -0.05) is 19.3 Å². The van der Waals surface area contributed by atoms with Gasteiger partial charge >= 0.3 is 0 Å². The quantitative estimate of drug-likeness (QED) is 0.716. The molecule has 0 aromatic carbocycles. The Labute approximate surface area is 98.5 Å². The van der Waals surface area contributed by atoms with Gasteiger partial charge in [0.1, 0.15) is 9.84 Å². The lowest BCUT2D eigenvalue weighted by Gasteiger charge is -2.33. The lowest BCUT2D eigenvalue weighted by atomic mass is 9.83. The molecule has 0 aromatic rings. The van der Waals surface area contributed by atoms with Crippen LogP contribution in [0.1, 0.15) is 38.5 Å². The first-order valence-corrected chi connectivity index (χ1v) is 8.02. The maximum absolute atomic E-state index is 10.9. The molecule has 0 bridgehead atoms. The van der Waals surface area contributed by atoms with Crippen molar-refractivity contribution in [3.8, 4) is 0 Å². The highest BCUT2D eigenvalue weighted by molar-refractivity contribution is 7.90. The van der Waals surface area contributed by atoms with Gasteiger partial charge in [0.05, 0.1) is 12.4 Å². The zero-order valence-electron chi connectivity index (χ0n) is 10.1. The zero-order valence-corrected chi connectivity index (χ0v) is 10.9. The molecule has 0 unspecified atom stereocenters. The average Bonchev–Trinajstić information content (AvgIpc) is 2.16. The predicted octanol–water partition coefficient (Wildman–Crippen LogP) is 1.10. The van der Waals surface area contributed by atoms with Crippen LogP contribution in [0, 0.1) is 0 Å². The Balaban J connectivity index is 2.10. The van der Waals surface area contributed by atoms with Crippen molar-refractivity contribution in [2.24, 2.45) is 5.73 Å². The number of hydrogen-bond acceptors (Lipinski definition) is 4. The van der Waals surface area contributed by atoms with Crippen LogP contribution in [-0.4, -0.2) is 39.2 Å². The summed E-state index contributed by atoms with van der Waals surface area (Å²) in [6, 6.07) is 0. The second-order valence-electron chi connectivity index (χ2n) is 4.96. The van der Waals surface area contributed by atoms with Crippen LogP contribution in [0.3, 0.4) is 0 Å². The van der Waals surface area contributed by atoms with Gasteiger partial charge in [0, 0.05) is 18.4 Å². The fourth-order valence-corrected chi connectivity index (χ4v) is 2.74. The van der Waals surface area contributed by atoms with Crippen molar-refractivity contribution in [1.29, 1.82) is 0 Å². The van der Waals surface area contributed by atoms with Gasteiger partial charge in [0.25, 0.3) is 0 Å². The van der Waals surface area contributed by atoms with E-state index in [1.54, 1.807) is 0 Å². The van der Waals surface area contributed by atoms with Crippen LogP contribution in [0.4, 0.5) is 0 Å². The molecular formula is C11H23NO3S. The average molecular weight is 249 g/mol. The molecule has 0 atom stereocenters. The third kappa shape index (κ3) is 5.82. The smallest absolute Gasteiger partial charge is 0.147 e. The van der Waals surface area contributed by atoms with Crippen LogP contribution in [0.2, 0.25) is 0 Å². The molecule has 1 saturated carbocycles. The SMILES string of the molecule is CS(=O)(=O)CCCOCC1(N)CCCCC1. The molecule has 0 aromatic heterocycles. The van der Waals surface area contributed by atoms with E-state index >= 15 is 0 Å². The monoisotopic (exact) mass is 249 g/mol. The molecule has 0 radical (unpaired) electrons. The Kier molecular flexibility index (Phi) is 5.21. The molecule has 1 aliphatic carbocycles. The van der Waals surface area contributed by atoms with E-state index in [0.29, 0.717) is 19.6 Å². The minimum Gasteiger partial charge on any atom is -0.380 e. The summed E-state index contributed by atoms with van der Waals surface area (Å²) in [7, 11) is -2.86. The van der Waals surface area contributed by atoms with Crippen LogP contribution in [-0.2, 0) is 14.6 Å². The second kappa shape index (κ2) is 5.98. The van der Waals surface area contributed by atoms with Crippen molar-refractivity contribution in [3.63, 3.8) is 0 Å². The third-order valence-electron chi connectivity index (χ3n) is 3.04. The normalized spacial score (nSPS) is 20.9. The number of sulfone groups is 1. The lowest BCUT2D eigenvalue weighted by molar-refractivity contribution is 0.0686. The minimum absolute atomic E-state index is 0.163. The topological polar surface area (TPSA) is 69.4 Å². The first kappa shape index (κ1) is 13.9. The molecule has 2 N–H and O–H groups in total. The van der Waals surface area contributed by atoms with E-state index in [1.807, 2.05) is 0 Å². The van der Waals surface area contributed by atoms with E-state index in [-0.39, 0.29) is 11.3 Å². The number of hydrogen-bond donors (Lipinski definition) is 1. The van der Waals surface area contributed by atoms with Gasteiger partial charge in [-0.25, -0.2) is 8.42 Å². The van der Waals surface area contributed by atoms with Crippen molar-refractivity contribution in [2.45, 2.75) is 44.1 Å². The molecule has 1 rings (SSSR count). The number of rotatable bonds is 6. The molecule has 0 saturated heterocycles. The molecule has 0 heterocycles. The molecule has 0 aliphatic heterocycles. The van der Waals surface area contributed by atoms with Gasteiger partial charge in [0.15, 0.2) is 0 Å². The summed E-state index contributed by atoms with van der Waals surface area (Å²) in [6.45, 7) is 1.06. The van der Waals surface area contributed by atoms with E-state index < -0.39 is 9.84 Å². The maximum atomic E-state index is 10.9. The molecule has 16 heavy (non-hydrogen) atoms. The van der Waals surface area contributed by atoms with E-state index in [1.165, 1.54) is 25.5 Å². The van der Waals surface area contributed by atoms with Gasteiger partial charge in [-0.2, -0.15) is 0 Å². The molecule has 0 amide bonds. The highest BCUT2D eigenvalue weighted by atomic mass is 32.2. The van der Waals surface area contributed by atoms with Gasteiger partial charge in [-0.3, -0.25) is 0 Å². The second-order valence-corrected chi connectivity index (χ2v) is 7.22. The first-order valence-electron chi connectivity index (χ1n) is 5.96. The molecule has 1 fully saturated rings. The fraction of sp³-hybridized carbons (Fsp3) is 1.00. The van der Waals surface area contributed by atoms with Crippen molar-refractivity contribution in [1.82, 2.24) is 0 Å². The summed E-state index contributed by atoms with van der Waals surface area (Å²) in [6.07, 6.45) is 7.51. The van der Waals surface area contributed by atoms with Gasteiger partial charge in [-0.15, -0.1) is 0 Å². The van der Waals surface area contributed by atoms with Crippen molar-refractivity contribution in [2.75, 3.05) is 25.2 Å². The first-order chi connectivity index (χ1) is 7.41. The minimum atomic E-state index is -2.86. The summed E-state index contributed by atoms with van der Waals surface area (Å²) in [5.41, 5.74) is 6.02. The summed E-state index contributed by atoms with van der Waals surface area (Å²) < 4.78 is 27.2. The Morgan fingerprint density at radius 1 is 1.25 bits per heavy atom. The van der Waals surface area contributed by atoms with Gasteiger partial charge in [0.2, 0.25) is 0 Å². The Bertz CT molecular complexity index is 294. The van der Waals surface area contributed by atoms with Crippen molar-refractivity contribution in [3.05, 3.63) is 0 Å². The van der Waals surface area contributed by atoms with E-state index in [0.717, 1.165) is 12.8 Å². The Morgan fingerprint density at radius 2 is 1.88 bits per heavy atom. The van der Waals surface area contributed by atoms with Crippen LogP contribution >= 0.6 is 0 Å². The molecule has 4 nitrogen and oxygen atoms in total.